The number of para-hydroxylation sites is 1. The number of aromatic nitrogens is 1. The van der Waals surface area contributed by atoms with Crippen LogP contribution in [0.15, 0.2) is 34.9 Å². The number of pyridine rings is 1. The topological polar surface area (TPSA) is 28.2 Å². The molecule has 0 spiro atoms. The molecule has 21 heavy (non-hydrogen) atoms. The van der Waals surface area contributed by atoms with Crippen molar-refractivity contribution >= 4 is 32.5 Å². The van der Waals surface area contributed by atoms with Crippen molar-refractivity contribution in [3.63, 3.8) is 0 Å². The Kier molecular flexibility index (Phi) is 3.38. The molecule has 0 amide bonds. The fraction of sp³-hybridized carbons (Fsp3) is 0.471. The summed E-state index contributed by atoms with van der Waals surface area (Å²) in [5.74, 6) is 0. The van der Waals surface area contributed by atoms with Gasteiger partial charge >= 0.3 is 0 Å². The van der Waals surface area contributed by atoms with E-state index < -0.39 is 0 Å². The third kappa shape index (κ3) is 2.25. The van der Waals surface area contributed by atoms with Gasteiger partial charge in [-0.1, -0.05) is 12.1 Å². The highest BCUT2D eigenvalue weighted by Gasteiger charge is 2.40. The number of nitrogens with one attached hydrogen (secondary N) is 1. The van der Waals surface area contributed by atoms with Crippen LogP contribution in [0.5, 0.6) is 0 Å². The van der Waals surface area contributed by atoms with Crippen molar-refractivity contribution in [2.24, 2.45) is 0 Å². The zero-order valence-corrected chi connectivity index (χ0v) is 13.8. The van der Waals surface area contributed by atoms with Gasteiger partial charge in [0.1, 0.15) is 0 Å². The highest BCUT2D eigenvalue weighted by Crippen LogP contribution is 2.41. The van der Waals surface area contributed by atoms with Crippen LogP contribution < -0.4 is 10.2 Å². The minimum atomic E-state index is 0.664. The van der Waals surface area contributed by atoms with Gasteiger partial charge in [-0.15, -0.1) is 0 Å². The van der Waals surface area contributed by atoms with Crippen molar-refractivity contribution in [1.82, 2.24) is 10.3 Å². The molecule has 1 N–H and O–H groups in total. The fourth-order valence-electron chi connectivity index (χ4n) is 4.13. The molecule has 2 unspecified atom stereocenters. The predicted molar refractivity (Wildman–Crippen MR) is 90.8 cm³/mol. The van der Waals surface area contributed by atoms with Crippen LogP contribution in [0.4, 0.5) is 5.69 Å². The number of rotatable bonds is 2. The maximum absolute atomic E-state index is 4.69. The summed E-state index contributed by atoms with van der Waals surface area (Å²) < 4.78 is 1.05. The summed E-state index contributed by atoms with van der Waals surface area (Å²) in [6.45, 7) is 0. The Bertz CT molecular complexity index is 658. The molecule has 2 fully saturated rings. The van der Waals surface area contributed by atoms with Gasteiger partial charge in [0.15, 0.2) is 0 Å². The molecule has 2 saturated heterocycles. The normalized spacial score (nSPS) is 28.3. The summed E-state index contributed by atoms with van der Waals surface area (Å²) in [7, 11) is 2.09. The Hall–Kier alpha value is -1.13. The van der Waals surface area contributed by atoms with Crippen LogP contribution in [0.2, 0.25) is 0 Å². The third-order valence-electron chi connectivity index (χ3n) is 5.08. The SMILES string of the molecule is CNC1CC2CCC(C1)N2c1cccc2cc(Br)cnc12. The van der Waals surface area contributed by atoms with Gasteiger partial charge in [0.05, 0.1) is 11.2 Å². The second-order valence-electron chi connectivity index (χ2n) is 6.25. The standard InChI is InChI=1S/C17H20BrN3/c1-19-13-8-14-5-6-15(9-13)21(14)16-4-2-3-11-7-12(18)10-20-17(11)16/h2-4,7,10,13-15,19H,5-6,8-9H2,1H3. The number of nitrogens with zero attached hydrogens (tertiary/aromatic N) is 2. The van der Waals surface area contributed by atoms with E-state index in [9.17, 15) is 0 Å². The minimum absolute atomic E-state index is 0.664. The number of hydrogen-bond donors (Lipinski definition) is 1. The average molecular weight is 346 g/mol. The van der Waals surface area contributed by atoms with Crippen molar-refractivity contribution in [3.8, 4) is 0 Å². The molecule has 4 heteroatoms. The molecule has 2 aliphatic rings. The number of halogens is 1. The maximum atomic E-state index is 4.69. The Morgan fingerprint density at radius 3 is 2.71 bits per heavy atom. The van der Waals surface area contributed by atoms with E-state index in [4.69, 9.17) is 0 Å². The Morgan fingerprint density at radius 1 is 1.24 bits per heavy atom. The van der Waals surface area contributed by atoms with E-state index in [-0.39, 0.29) is 0 Å². The van der Waals surface area contributed by atoms with Gasteiger partial charge in [-0.05, 0) is 60.8 Å². The van der Waals surface area contributed by atoms with Gasteiger partial charge in [-0.2, -0.15) is 0 Å². The van der Waals surface area contributed by atoms with Crippen LogP contribution >= 0.6 is 15.9 Å². The maximum Gasteiger partial charge on any atom is 0.0936 e. The molecule has 0 radical (unpaired) electrons. The van der Waals surface area contributed by atoms with E-state index in [0.29, 0.717) is 18.1 Å². The van der Waals surface area contributed by atoms with Crippen LogP contribution in [-0.4, -0.2) is 30.2 Å². The molecule has 2 aliphatic heterocycles. The lowest BCUT2D eigenvalue weighted by molar-refractivity contribution is 0.374. The van der Waals surface area contributed by atoms with Gasteiger partial charge in [-0.25, -0.2) is 0 Å². The van der Waals surface area contributed by atoms with Crippen molar-refractivity contribution < 1.29 is 0 Å². The second kappa shape index (κ2) is 5.25. The van der Waals surface area contributed by atoms with Crippen molar-refractivity contribution in [3.05, 3.63) is 34.9 Å². The number of hydrogen-bond acceptors (Lipinski definition) is 3. The lowest BCUT2D eigenvalue weighted by atomic mass is 9.96. The molecule has 4 rings (SSSR count). The van der Waals surface area contributed by atoms with Crippen molar-refractivity contribution in [2.75, 3.05) is 11.9 Å². The molecule has 3 nitrogen and oxygen atoms in total. The molecule has 1 aromatic heterocycles. The van der Waals surface area contributed by atoms with E-state index in [1.54, 1.807) is 0 Å². The number of piperidine rings is 1. The molecule has 110 valence electrons. The molecule has 3 heterocycles. The van der Waals surface area contributed by atoms with Gasteiger partial charge in [0, 0.05) is 34.2 Å². The van der Waals surface area contributed by atoms with E-state index in [1.165, 1.54) is 36.8 Å². The molecule has 1 aromatic carbocycles. The highest BCUT2D eigenvalue weighted by molar-refractivity contribution is 9.10. The van der Waals surface area contributed by atoms with E-state index in [1.807, 2.05) is 6.20 Å². The molecular formula is C17H20BrN3. The second-order valence-corrected chi connectivity index (χ2v) is 7.17. The Labute approximate surface area is 133 Å². The summed E-state index contributed by atoms with van der Waals surface area (Å²) in [4.78, 5) is 7.34. The summed E-state index contributed by atoms with van der Waals surface area (Å²) in [5, 5.41) is 4.69. The lowest BCUT2D eigenvalue weighted by Crippen LogP contribution is -2.48. The highest BCUT2D eigenvalue weighted by atomic mass is 79.9. The largest absolute Gasteiger partial charge is 0.364 e. The van der Waals surface area contributed by atoms with Gasteiger partial charge in [0.25, 0.3) is 0 Å². The predicted octanol–water partition coefficient (Wildman–Crippen LogP) is 3.72. The molecule has 2 bridgehead atoms. The zero-order valence-electron chi connectivity index (χ0n) is 12.2. The van der Waals surface area contributed by atoms with Gasteiger partial charge in [0.2, 0.25) is 0 Å². The first-order valence-electron chi connectivity index (χ1n) is 7.76. The van der Waals surface area contributed by atoms with E-state index >= 15 is 0 Å². The lowest BCUT2D eigenvalue weighted by Gasteiger charge is -2.40. The average Bonchev–Trinajstić information content (AvgIpc) is 2.76. The summed E-state index contributed by atoms with van der Waals surface area (Å²) in [5.41, 5.74) is 2.46. The van der Waals surface area contributed by atoms with Crippen LogP contribution in [0.1, 0.15) is 25.7 Å². The minimum Gasteiger partial charge on any atom is -0.364 e. The molecule has 0 aliphatic carbocycles. The first-order chi connectivity index (χ1) is 10.3. The summed E-state index contributed by atoms with van der Waals surface area (Å²) in [6.07, 6.45) is 7.04. The summed E-state index contributed by atoms with van der Waals surface area (Å²) in [6, 6.07) is 10.7. The molecular weight excluding hydrogens is 326 g/mol. The van der Waals surface area contributed by atoms with Crippen LogP contribution in [0.3, 0.4) is 0 Å². The van der Waals surface area contributed by atoms with E-state index in [2.05, 4.69) is 62.4 Å². The molecule has 2 atom stereocenters. The molecule has 0 saturated carbocycles. The van der Waals surface area contributed by atoms with Gasteiger partial charge in [-0.3, -0.25) is 4.98 Å². The van der Waals surface area contributed by atoms with Crippen LogP contribution in [0, 0.1) is 0 Å². The summed E-state index contributed by atoms with van der Waals surface area (Å²) >= 11 is 3.52. The smallest absolute Gasteiger partial charge is 0.0936 e. The zero-order chi connectivity index (χ0) is 14.4. The number of anilines is 1. The quantitative estimate of drug-likeness (QED) is 0.898. The van der Waals surface area contributed by atoms with Crippen molar-refractivity contribution in [1.29, 1.82) is 0 Å². The van der Waals surface area contributed by atoms with Crippen molar-refractivity contribution in [2.45, 2.75) is 43.8 Å². The first-order valence-corrected chi connectivity index (χ1v) is 8.55. The third-order valence-corrected chi connectivity index (χ3v) is 5.51. The van der Waals surface area contributed by atoms with Gasteiger partial charge < -0.3 is 10.2 Å². The van der Waals surface area contributed by atoms with Crippen LogP contribution in [-0.2, 0) is 0 Å². The monoisotopic (exact) mass is 345 g/mol. The number of fused-ring (bicyclic) bond motifs is 3. The fourth-order valence-corrected chi connectivity index (χ4v) is 4.48. The number of benzene rings is 1. The Morgan fingerprint density at radius 2 is 2.00 bits per heavy atom. The molecule has 2 aromatic rings. The first kappa shape index (κ1) is 13.5. The van der Waals surface area contributed by atoms with E-state index in [0.717, 1.165) is 9.99 Å². The Balaban J connectivity index is 1.77. The van der Waals surface area contributed by atoms with Crippen LogP contribution in [0.25, 0.3) is 10.9 Å².